The lowest BCUT2D eigenvalue weighted by Crippen LogP contribution is -2.28. The Kier molecular flexibility index (Phi) is 6.01. The normalized spacial score (nSPS) is 15.6. The lowest BCUT2D eigenvalue weighted by Gasteiger charge is -2.14. The summed E-state index contributed by atoms with van der Waals surface area (Å²) in [5, 5.41) is 2.89. The molecule has 6 nitrogen and oxygen atoms in total. The summed E-state index contributed by atoms with van der Waals surface area (Å²) in [6.45, 7) is 5.75. The van der Waals surface area contributed by atoms with Gasteiger partial charge in [0.1, 0.15) is 0 Å². The van der Waals surface area contributed by atoms with Crippen LogP contribution in [0.3, 0.4) is 0 Å². The average molecular weight is 339 g/mol. The van der Waals surface area contributed by atoms with E-state index in [4.69, 9.17) is 0 Å². The molecule has 0 aliphatic carbocycles. The lowest BCUT2D eigenvalue weighted by atomic mass is 10.1. The predicted molar refractivity (Wildman–Crippen MR) is 92.3 cm³/mol. The van der Waals surface area contributed by atoms with Crippen LogP contribution in [-0.2, 0) is 10.0 Å². The van der Waals surface area contributed by atoms with Gasteiger partial charge in [-0.2, -0.15) is 0 Å². The molecule has 0 unspecified atom stereocenters. The zero-order valence-corrected chi connectivity index (χ0v) is 14.6. The number of amides is 1. The number of likely N-dealkylation sites (tertiary alicyclic amines) is 1. The maximum Gasteiger partial charge on any atom is 0.251 e. The van der Waals surface area contributed by atoms with E-state index in [-0.39, 0.29) is 5.91 Å². The van der Waals surface area contributed by atoms with Gasteiger partial charge >= 0.3 is 0 Å². The van der Waals surface area contributed by atoms with Crippen molar-refractivity contribution in [1.29, 1.82) is 0 Å². The molecule has 2 rings (SSSR count). The van der Waals surface area contributed by atoms with Gasteiger partial charge in [-0.25, -0.2) is 8.42 Å². The standard InChI is InChI=1S/C16H25N3O3S/c1-13-6-7-14(12-15(13)18-23(2,21)22)16(20)17-8-5-11-19-9-3-4-10-19/h6-7,12,18H,3-5,8-11H2,1-2H3,(H,17,20). The SMILES string of the molecule is Cc1ccc(C(=O)NCCCN2CCCC2)cc1NS(C)(=O)=O. The molecule has 1 aromatic rings. The summed E-state index contributed by atoms with van der Waals surface area (Å²) in [5.41, 5.74) is 1.68. The van der Waals surface area contributed by atoms with Gasteiger partial charge in [-0.15, -0.1) is 0 Å². The van der Waals surface area contributed by atoms with Crippen LogP contribution in [0, 0.1) is 6.92 Å². The predicted octanol–water partition coefficient (Wildman–Crippen LogP) is 1.58. The quantitative estimate of drug-likeness (QED) is 0.739. The first-order valence-corrected chi connectivity index (χ1v) is 9.83. The molecule has 1 fully saturated rings. The molecule has 2 N–H and O–H groups in total. The summed E-state index contributed by atoms with van der Waals surface area (Å²) >= 11 is 0. The van der Waals surface area contributed by atoms with Crippen LogP contribution >= 0.6 is 0 Å². The van der Waals surface area contributed by atoms with E-state index < -0.39 is 10.0 Å². The minimum absolute atomic E-state index is 0.178. The molecule has 0 aromatic heterocycles. The van der Waals surface area contributed by atoms with Crippen LogP contribution in [-0.4, -0.2) is 51.7 Å². The molecule has 23 heavy (non-hydrogen) atoms. The van der Waals surface area contributed by atoms with Crippen molar-refractivity contribution in [2.75, 3.05) is 37.2 Å². The zero-order valence-electron chi connectivity index (χ0n) is 13.8. The summed E-state index contributed by atoms with van der Waals surface area (Å²) in [5.74, 6) is -0.178. The smallest absolute Gasteiger partial charge is 0.251 e. The van der Waals surface area contributed by atoms with Crippen LogP contribution in [0.2, 0.25) is 0 Å². The Labute approximate surface area is 138 Å². The molecule has 0 spiro atoms. The van der Waals surface area contributed by atoms with Crippen molar-refractivity contribution in [2.24, 2.45) is 0 Å². The van der Waals surface area contributed by atoms with Crippen molar-refractivity contribution in [3.8, 4) is 0 Å². The Morgan fingerprint density at radius 1 is 1.26 bits per heavy atom. The number of carbonyl (C=O) groups is 1. The summed E-state index contributed by atoms with van der Waals surface area (Å²) in [4.78, 5) is 14.6. The van der Waals surface area contributed by atoms with Gasteiger partial charge in [0, 0.05) is 12.1 Å². The molecular formula is C16H25N3O3S. The number of hydrogen-bond donors (Lipinski definition) is 2. The molecule has 1 amide bonds. The second-order valence-electron chi connectivity index (χ2n) is 6.06. The first kappa shape index (κ1) is 17.7. The fourth-order valence-corrected chi connectivity index (χ4v) is 3.31. The van der Waals surface area contributed by atoms with Crippen molar-refractivity contribution >= 4 is 21.6 Å². The van der Waals surface area contributed by atoms with E-state index in [1.807, 2.05) is 0 Å². The number of nitrogens with one attached hydrogen (secondary N) is 2. The molecule has 1 saturated heterocycles. The minimum Gasteiger partial charge on any atom is -0.352 e. The van der Waals surface area contributed by atoms with E-state index in [1.165, 1.54) is 12.8 Å². The van der Waals surface area contributed by atoms with Crippen molar-refractivity contribution in [2.45, 2.75) is 26.2 Å². The largest absolute Gasteiger partial charge is 0.352 e. The van der Waals surface area contributed by atoms with E-state index in [0.717, 1.165) is 37.9 Å². The van der Waals surface area contributed by atoms with Gasteiger partial charge in [0.2, 0.25) is 10.0 Å². The van der Waals surface area contributed by atoms with Gasteiger partial charge in [0.15, 0.2) is 0 Å². The molecule has 0 atom stereocenters. The average Bonchev–Trinajstić information content (AvgIpc) is 2.97. The fourth-order valence-electron chi connectivity index (χ4n) is 2.69. The van der Waals surface area contributed by atoms with E-state index >= 15 is 0 Å². The monoisotopic (exact) mass is 339 g/mol. The summed E-state index contributed by atoms with van der Waals surface area (Å²) in [6, 6.07) is 5.03. The fraction of sp³-hybridized carbons (Fsp3) is 0.562. The molecule has 7 heteroatoms. The third-order valence-corrected chi connectivity index (χ3v) is 4.52. The second-order valence-corrected chi connectivity index (χ2v) is 7.81. The molecule has 0 bridgehead atoms. The van der Waals surface area contributed by atoms with Gasteiger partial charge in [-0.1, -0.05) is 6.07 Å². The molecule has 128 valence electrons. The number of sulfonamides is 1. The summed E-state index contributed by atoms with van der Waals surface area (Å²) < 4.78 is 25.1. The Hall–Kier alpha value is -1.60. The maximum absolute atomic E-state index is 12.2. The van der Waals surface area contributed by atoms with Crippen LogP contribution in [0.5, 0.6) is 0 Å². The van der Waals surface area contributed by atoms with E-state index in [0.29, 0.717) is 17.8 Å². The van der Waals surface area contributed by atoms with E-state index in [9.17, 15) is 13.2 Å². The number of aryl methyl sites for hydroxylation is 1. The number of carbonyl (C=O) groups excluding carboxylic acids is 1. The highest BCUT2D eigenvalue weighted by atomic mass is 32.2. The first-order chi connectivity index (χ1) is 10.8. The molecular weight excluding hydrogens is 314 g/mol. The molecule has 0 radical (unpaired) electrons. The van der Waals surface area contributed by atoms with Crippen LogP contribution < -0.4 is 10.0 Å². The Morgan fingerprint density at radius 2 is 1.96 bits per heavy atom. The van der Waals surface area contributed by atoms with E-state index in [1.54, 1.807) is 25.1 Å². The molecule has 1 aliphatic heterocycles. The zero-order chi connectivity index (χ0) is 16.9. The van der Waals surface area contributed by atoms with Crippen molar-refractivity contribution in [1.82, 2.24) is 10.2 Å². The number of rotatable bonds is 7. The van der Waals surface area contributed by atoms with Crippen molar-refractivity contribution in [3.63, 3.8) is 0 Å². The third kappa shape index (κ3) is 5.84. The topological polar surface area (TPSA) is 78.5 Å². The number of anilines is 1. The Bertz CT molecular complexity index is 653. The van der Waals surface area contributed by atoms with Crippen LogP contribution in [0.4, 0.5) is 5.69 Å². The van der Waals surface area contributed by atoms with E-state index in [2.05, 4.69) is 14.9 Å². The maximum atomic E-state index is 12.2. The first-order valence-electron chi connectivity index (χ1n) is 7.94. The number of hydrogen-bond acceptors (Lipinski definition) is 4. The third-order valence-electron chi connectivity index (χ3n) is 3.93. The number of benzene rings is 1. The van der Waals surface area contributed by atoms with Crippen LogP contribution in [0.25, 0.3) is 0 Å². The summed E-state index contributed by atoms with van der Waals surface area (Å²) in [7, 11) is -3.36. The summed E-state index contributed by atoms with van der Waals surface area (Å²) in [6.07, 6.45) is 4.56. The van der Waals surface area contributed by atoms with Crippen LogP contribution in [0.1, 0.15) is 35.2 Å². The van der Waals surface area contributed by atoms with Gasteiger partial charge in [0.25, 0.3) is 5.91 Å². The molecule has 1 heterocycles. The Balaban J connectivity index is 1.87. The van der Waals surface area contributed by atoms with Crippen molar-refractivity contribution < 1.29 is 13.2 Å². The highest BCUT2D eigenvalue weighted by molar-refractivity contribution is 7.92. The number of nitrogens with zero attached hydrogens (tertiary/aromatic N) is 1. The second kappa shape index (κ2) is 7.79. The highest BCUT2D eigenvalue weighted by Crippen LogP contribution is 2.18. The minimum atomic E-state index is -3.36. The van der Waals surface area contributed by atoms with Crippen molar-refractivity contribution in [3.05, 3.63) is 29.3 Å². The van der Waals surface area contributed by atoms with Crippen LogP contribution in [0.15, 0.2) is 18.2 Å². The van der Waals surface area contributed by atoms with Gasteiger partial charge in [-0.05, 0) is 63.5 Å². The van der Waals surface area contributed by atoms with Gasteiger partial charge in [0.05, 0.1) is 11.9 Å². The molecule has 1 aromatic carbocycles. The Morgan fingerprint density at radius 3 is 2.61 bits per heavy atom. The molecule has 0 saturated carbocycles. The highest BCUT2D eigenvalue weighted by Gasteiger charge is 2.12. The molecule has 1 aliphatic rings. The van der Waals surface area contributed by atoms with Gasteiger partial charge in [-0.3, -0.25) is 9.52 Å². The van der Waals surface area contributed by atoms with Gasteiger partial charge < -0.3 is 10.2 Å². The lowest BCUT2D eigenvalue weighted by molar-refractivity contribution is 0.0952.